The molecule has 0 saturated carbocycles. The molecule has 21 heavy (non-hydrogen) atoms. The van der Waals surface area contributed by atoms with E-state index in [1.807, 2.05) is 0 Å². The SMILES string of the molecule is NNc1nc(-c2ccncc2)[nH]c(=O)n1.c1cc2ccc1-2. The van der Waals surface area contributed by atoms with E-state index in [9.17, 15) is 4.79 Å². The number of aromatic amines is 1. The molecule has 4 rings (SSSR count). The molecular weight excluding hydrogens is 268 g/mol. The van der Waals surface area contributed by atoms with Crippen LogP contribution in [-0.2, 0) is 0 Å². The summed E-state index contributed by atoms with van der Waals surface area (Å²) in [5, 5.41) is 0. The summed E-state index contributed by atoms with van der Waals surface area (Å²) in [6.07, 6.45) is 3.20. The molecule has 2 aliphatic carbocycles. The molecule has 0 aliphatic heterocycles. The second-order valence-electron chi connectivity index (χ2n) is 4.28. The van der Waals surface area contributed by atoms with Gasteiger partial charge in [0.1, 0.15) is 5.82 Å². The summed E-state index contributed by atoms with van der Waals surface area (Å²) in [5.74, 6) is 5.59. The molecule has 0 radical (unpaired) electrons. The topological polar surface area (TPSA) is 110 Å². The molecule has 0 fully saturated rings. The molecule has 7 nitrogen and oxygen atoms in total. The van der Waals surface area contributed by atoms with Gasteiger partial charge in [-0.2, -0.15) is 9.97 Å². The molecule has 0 amide bonds. The van der Waals surface area contributed by atoms with E-state index in [-0.39, 0.29) is 5.95 Å². The first-order chi connectivity index (χ1) is 10.3. The molecular formula is C14H12N6O. The predicted octanol–water partition coefficient (Wildman–Crippen LogP) is 1.18. The molecule has 0 bridgehead atoms. The molecule has 2 heterocycles. The van der Waals surface area contributed by atoms with E-state index in [2.05, 4.69) is 49.6 Å². The molecule has 0 saturated heterocycles. The highest BCUT2D eigenvalue weighted by Gasteiger charge is 2.04. The van der Waals surface area contributed by atoms with E-state index in [0.29, 0.717) is 5.82 Å². The average Bonchev–Trinajstić information content (AvgIpc) is 2.51. The van der Waals surface area contributed by atoms with E-state index >= 15 is 0 Å². The fourth-order valence-electron chi connectivity index (χ4n) is 1.76. The molecule has 0 spiro atoms. The van der Waals surface area contributed by atoms with Gasteiger partial charge in [0, 0.05) is 18.0 Å². The first-order valence-electron chi connectivity index (χ1n) is 6.22. The minimum absolute atomic E-state index is 0.0746. The van der Waals surface area contributed by atoms with Gasteiger partial charge >= 0.3 is 5.69 Å². The maximum Gasteiger partial charge on any atom is 0.349 e. The number of rotatable bonds is 2. The molecule has 104 valence electrons. The molecule has 4 N–H and O–H groups in total. The third-order valence-electron chi connectivity index (χ3n) is 2.95. The van der Waals surface area contributed by atoms with Gasteiger partial charge in [0.2, 0.25) is 5.95 Å². The average molecular weight is 280 g/mol. The Morgan fingerprint density at radius 2 is 1.52 bits per heavy atom. The Kier molecular flexibility index (Phi) is 3.40. The number of hydrazine groups is 1. The van der Waals surface area contributed by atoms with E-state index < -0.39 is 5.69 Å². The number of anilines is 1. The highest BCUT2D eigenvalue weighted by atomic mass is 16.1. The monoisotopic (exact) mass is 280 g/mol. The fourth-order valence-corrected chi connectivity index (χ4v) is 1.76. The Morgan fingerprint density at radius 3 is 2.00 bits per heavy atom. The summed E-state index contributed by atoms with van der Waals surface area (Å²) >= 11 is 0. The van der Waals surface area contributed by atoms with Crippen molar-refractivity contribution in [2.75, 3.05) is 5.43 Å². The van der Waals surface area contributed by atoms with Gasteiger partial charge in [-0.25, -0.2) is 10.6 Å². The number of H-pyrrole nitrogens is 1. The van der Waals surface area contributed by atoms with Gasteiger partial charge < -0.3 is 0 Å². The number of nitrogens with one attached hydrogen (secondary N) is 2. The van der Waals surface area contributed by atoms with Crippen molar-refractivity contribution in [2.45, 2.75) is 0 Å². The van der Waals surface area contributed by atoms with Crippen molar-refractivity contribution in [3.63, 3.8) is 0 Å². The lowest BCUT2D eigenvalue weighted by atomic mass is 9.95. The zero-order valence-electron chi connectivity index (χ0n) is 10.9. The van der Waals surface area contributed by atoms with Crippen LogP contribution in [0.1, 0.15) is 0 Å². The van der Waals surface area contributed by atoms with Crippen molar-refractivity contribution >= 4 is 5.95 Å². The molecule has 2 aliphatic rings. The summed E-state index contributed by atoms with van der Waals surface area (Å²) in [6, 6.07) is 11.9. The van der Waals surface area contributed by atoms with Crippen LogP contribution in [0.5, 0.6) is 0 Å². The molecule has 2 aromatic heterocycles. The Bertz CT molecular complexity index is 777. The standard InChI is InChI=1S/C8H8N6O.C6H4/c9-14-7-11-6(12-8(15)13-7)5-1-3-10-4-2-5;1-2-6-4-3-5(1)6/h1-4H,9H2,(H2,11,12,13,14,15);1-4H. The van der Waals surface area contributed by atoms with Crippen molar-refractivity contribution in [3.8, 4) is 22.5 Å². The van der Waals surface area contributed by atoms with E-state index in [4.69, 9.17) is 5.84 Å². The lowest BCUT2D eigenvalue weighted by Crippen LogP contribution is -2.19. The number of fused-ring (bicyclic) bond motifs is 1. The van der Waals surface area contributed by atoms with Crippen LogP contribution in [0, 0.1) is 0 Å². The summed E-state index contributed by atoms with van der Waals surface area (Å²) in [5.41, 5.74) is 5.30. The summed E-state index contributed by atoms with van der Waals surface area (Å²) in [6.45, 7) is 0. The Labute approximate surface area is 119 Å². The second kappa shape index (κ2) is 5.51. The zero-order valence-corrected chi connectivity index (χ0v) is 10.9. The van der Waals surface area contributed by atoms with Crippen LogP contribution < -0.4 is 17.0 Å². The lowest BCUT2D eigenvalue weighted by molar-refractivity contribution is 0.984. The van der Waals surface area contributed by atoms with E-state index in [1.165, 1.54) is 11.1 Å². The first kappa shape index (κ1) is 12.9. The number of nitrogens with two attached hydrogens (primary N) is 1. The summed E-state index contributed by atoms with van der Waals surface area (Å²) < 4.78 is 0. The number of pyridine rings is 1. The van der Waals surface area contributed by atoms with Gasteiger partial charge in [0.05, 0.1) is 0 Å². The van der Waals surface area contributed by atoms with E-state index in [1.54, 1.807) is 24.5 Å². The molecule has 7 heteroatoms. The molecule has 0 atom stereocenters. The highest BCUT2D eigenvalue weighted by molar-refractivity contribution is 5.75. The van der Waals surface area contributed by atoms with E-state index in [0.717, 1.165) is 5.56 Å². The van der Waals surface area contributed by atoms with Crippen molar-refractivity contribution in [2.24, 2.45) is 5.84 Å². The maximum absolute atomic E-state index is 11.1. The van der Waals surface area contributed by atoms with Gasteiger partial charge in [-0.3, -0.25) is 15.4 Å². The third-order valence-corrected chi connectivity index (χ3v) is 2.95. The summed E-state index contributed by atoms with van der Waals surface area (Å²) in [7, 11) is 0. The number of aromatic nitrogens is 4. The summed E-state index contributed by atoms with van der Waals surface area (Å²) in [4.78, 5) is 25.0. The van der Waals surface area contributed by atoms with Crippen LogP contribution in [0.4, 0.5) is 5.95 Å². The van der Waals surface area contributed by atoms with Crippen LogP contribution >= 0.6 is 0 Å². The predicted molar refractivity (Wildman–Crippen MR) is 79.1 cm³/mol. The minimum atomic E-state index is -0.509. The zero-order chi connectivity index (χ0) is 14.7. The van der Waals surface area contributed by atoms with Crippen molar-refractivity contribution in [1.82, 2.24) is 19.9 Å². The van der Waals surface area contributed by atoms with Gasteiger partial charge in [-0.15, -0.1) is 0 Å². The van der Waals surface area contributed by atoms with Gasteiger partial charge in [0.25, 0.3) is 0 Å². The number of hydrogen-bond donors (Lipinski definition) is 3. The Morgan fingerprint density at radius 1 is 0.905 bits per heavy atom. The van der Waals surface area contributed by atoms with Crippen molar-refractivity contribution < 1.29 is 0 Å². The van der Waals surface area contributed by atoms with Crippen LogP contribution in [0.25, 0.3) is 22.5 Å². The van der Waals surface area contributed by atoms with Gasteiger partial charge in [-0.1, -0.05) is 24.3 Å². The molecule has 2 aromatic rings. The van der Waals surface area contributed by atoms with Crippen LogP contribution in [-0.4, -0.2) is 19.9 Å². The first-order valence-corrected chi connectivity index (χ1v) is 6.22. The van der Waals surface area contributed by atoms with Gasteiger partial charge in [-0.05, 0) is 23.3 Å². The minimum Gasteiger partial charge on any atom is -0.292 e. The normalized spacial score (nSPS) is 10.3. The van der Waals surface area contributed by atoms with Crippen LogP contribution in [0.15, 0.2) is 53.6 Å². The smallest absolute Gasteiger partial charge is 0.292 e. The number of nitrogen functional groups attached to an aromatic ring is 1. The third kappa shape index (κ3) is 2.77. The van der Waals surface area contributed by atoms with Crippen molar-refractivity contribution in [1.29, 1.82) is 0 Å². The Balaban J connectivity index is 0.000000180. The number of nitrogens with zero attached hydrogens (tertiary/aromatic N) is 3. The lowest BCUT2D eigenvalue weighted by Gasteiger charge is -2.10. The van der Waals surface area contributed by atoms with Gasteiger partial charge in [0.15, 0.2) is 0 Å². The number of benzene rings is 1. The highest BCUT2D eigenvalue weighted by Crippen LogP contribution is 2.29. The molecule has 0 unspecified atom stereocenters. The second-order valence-corrected chi connectivity index (χ2v) is 4.28. The fraction of sp³-hybridized carbons (Fsp3) is 0. The molecule has 0 aromatic carbocycles. The number of hydrogen-bond acceptors (Lipinski definition) is 6. The quantitative estimate of drug-likeness (QED) is 0.376. The van der Waals surface area contributed by atoms with Crippen LogP contribution in [0.2, 0.25) is 0 Å². The maximum atomic E-state index is 11.1. The van der Waals surface area contributed by atoms with Crippen LogP contribution in [0.3, 0.4) is 0 Å². The Hall–Kier alpha value is -3.06. The largest absolute Gasteiger partial charge is 0.349 e. The van der Waals surface area contributed by atoms with Crippen molar-refractivity contribution in [3.05, 3.63) is 59.3 Å².